The SMILES string of the molecule is CNc1ncnc(-c2ccc(F)c(F)c2F)c1[N+](=O)[O-]. The number of rotatable bonds is 3. The molecule has 9 heteroatoms. The van der Waals surface area contributed by atoms with Crippen LogP contribution < -0.4 is 5.32 Å². The molecular weight excluding hydrogens is 277 g/mol. The van der Waals surface area contributed by atoms with E-state index in [1.807, 2.05) is 0 Å². The fourth-order valence-electron chi connectivity index (χ4n) is 1.64. The molecule has 0 saturated carbocycles. The summed E-state index contributed by atoms with van der Waals surface area (Å²) in [7, 11) is 1.38. The molecule has 0 fully saturated rings. The van der Waals surface area contributed by atoms with Crippen LogP contribution >= 0.6 is 0 Å². The number of hydrogen-bond acceptors (Lipinski definition) is 5. The van der Waals surface area contributed by atoms with Crippen LogP contribution in [-0.2, 0) is 0 Å². The maximum Gasteiger partial charge on any atom is 0.337 e. The third-order valence-corrected chi connectivity index (χ3v) is 2.53. The first-order chi connectivity index (χ1) is 9.47. The molecule has 0 spiro atoms. The molecule has 0 radical (unpaired) electrons. The highest BCUT2D eigenvalue weighted by Crippen LogP contribution is 2.34. The van der Waals surface area contributed by atoms with Crippen molar-refractivity contribution in [2.75, 3.05) is 12.4 Å². The van der Waals surface area contributed by atoms with E-state index in [1.165, 1.54) is 7.05 Å². The minimum atomic E-state index is -1.72. The van der Waals surface area contributed by atoms with E-state index >= 15 is 0 Å². The van der Waals surface area contributed by atoms with Crippen molar-refractivity contribution in [3.8, 4) is 11.3 Å². The average molecular weight is 284 g/mol. The van der Waals surface area contributed by atoms with Crippen molar-refractivity contribution < 1.29 is 18.1 Å². The van der Waals surface area contributed by atoms with E-state index in [0.717, 1.165) is 12.4 Å². The van der Waals surface area contributed by atoms with Gasteiger partial charge in [-0.2, -0.15) is 0 Å². The Balaban J connectivity index is 2.77. The summed E-state index contributed by atoms with van der Waals surface area (Å²) in [5.41, 5.74) is -1.58. The predicted octanol–water partition coefficient (Wildman–Crippen LogP) is 2.51. The lowest BCUT2D eigenvalue weighted by molar-refractivity contribution is -0.383. The van der Waals surface area contributed by atoms with Gasteiger partial charge in [-0.3, -0.25) is 10.1 Å². The molecule has 0 saturated heterocycles. The number of nitrogens with one attached hydrogen (secondary N) is 1. The first-order valence-electron chi connectivity index (χ1n) is 5.28. The summed E-state index contributed by atoms with van der Waals surface area (Å²) in [5.74, 6) is -4.82. The van der Waals surface area contributed by atoms with Crippen LogP contribution in [0.15, 0.2) is 18.5 Å². The largest absolute Gasteiger partial charge is 0.367 e. The molecule has 2 rings (SSSR count). The molecule has 0 atom stereocenters. The van der Waals surface area contributed by atoms with E-state index in [9.17, 15) is 23.3 Å². The standard InChI is InChI=1S/C11H7F3N4O2/c1-15-11-10(18(19)20)9(16-4-17-11)5-2-3-6(12)8(14)7(5)13/h2-4H,1H3,(H,15,16,17). The summed E-state index contributed by atoms with van der Waals surface area (Å²) in [5, 5.41) is 13.5. The molecule has 1 N–H and O–H groups in total. The number of nitro groups is 1. The van der Waals surface area contributed by atoms with Crippen molar-refractivity contribution in [3.05, 3.63) is 46.0 Å². The summed E-state index contributed by atoms with van der Waals surface area (Å²) in [6, 6.07) is 1.54. The van der Waals surface area contributed by atoms with Gasteiger partial charge in [0.1, 0.15) is 6.33 Å². The number of hydrogen-bond donors (Lipinski definition) is 1. The third kappa shape index (κ3) is 2.13. The molecule has 6 nitrogen and oxygen atoms in total. The van der Waals surface area contributed by atoms with Gasteiger partial charge < -0.3 is 5.32 Å². The number of anilines is 1. The van der Waals surface area contributed by atoms with Gasteiger partial charge in [-0.25, -0.2) is 23.1 Å². The molecule has 1 aromatic heterocycles. The molecule has 0 aliphatic rings. The first kappa shape index (κ1) is 13.7. The minimum Gasteiger partial charge on any atom is -0.367 e. The molecule has 0 unspecified atom stereocenters. The second-order valence-electron chi connectivity index (χ2n) is 3.65. The molecule has 0 bridgehead atoms. The molecule has 0 aliphatic carbocycles. The van der Waals surface area contributed by atoms with E-state index in [4.69, 9.17) is 0 Å². The summed E-state index contributed by atoms with van der Waals surface area (Å²) >= 11 is 0. The van der Waals surface area contributed by atoms with Crippen LogP contribution in [0.1, 0.15) is 0 Å². The molecule has 2 aromatic rings. The topological polar surface area (TPSA) is 81.0 Å². The molecule has 1 aromatic carbocycles. The van der Waals surface area contributed by atoms with Gasteiger partial charge in [-0.15, -0.1) is 0 Å². The van der Waals surface area contributed by atoms with Gasteiger partial charge in [0.25, 0.3) is 0 Å². The second-order valence-corrected chi connectivity index (χ2v) is 3.65. The summed E-state index contributed by atoms with van der Waals surface area (Å²) in [6.45, 7) is 0. The monoisotopic (exact) mass is 284 g/mol. The highest BCUT2D eigenvalue weighted by molar-refractivity contribution is 5.76. The Bertz CT molecular complexity index is 694. The van der Waals surface area contributed by atoms with E-state index in [0.29, 0.717) is 6.07 Å². The minimum absolute atomic E-state index is 0.163. The van der Waals surface area contributed by atoms with Crippen LogP contribution in [0.5, 0.6) is 0 Å². The molecule has 0 aliphatic heterocycles. The van der Waals surface area contributed by atoms with Crippen molar-refractivity contribution in [1.29, 1.82) is 0 Å². The van der Waals surface area contributed by atoms with Crippen molar-refractivity contribution in [1.82, 2.24) is 9.97 Å². The van der Waals surface area contributed by atoms with Gasteiger partial charge in [0.05, 0.1) is 4.92 Å². The van der Waals surface area contributed by atoms with E-state index in [1.54, 1.807) is 0 Å². The predicted molar refractivity (Wildman–Crippen MR) is 63.5 cm³/mol. The Kier molecular flexibility index (Phi) is 3.51. The zero-order valence-electron chi connectivity index (χ0n) is 10.0. The lowest BCUT2D eigenvalue weighted by atomic mass is 10.1. The van der Waals surface area contributed by atoms with Crippen molar-refractivity contribution in [2.45, 2.75) is 0 Å². The zero-order valence-corrected chi connectivity index (χ0v) is 10.0. The average Bonchev–Trinajstić information content (AvgIpc) is 2.44. The maximum absolute atomic E-state index is 13.7. The quantitative estimate of drug-likeness (QED) is 0.532. The van der Waals surface area contributed by atoms with Gasteiger partial charge in [-0.05, 0) is 12.1 Å². The highest BCUT2D eigenvalue weighted by atomic mass is 19.2. The second kappa shape index (κ2) is 5.11. The lowest BCUT2D eigenvalue weighted by Crippen LogP contribution is -2.04. The van der Waals surface area contributed by atoms with Crippen LogP contribution in [0, 0.1) is 27.6 Å². The molecule has 20 heavy (non-hydrogen) atoms. The van der Waals surface area contributed by atoms with Crippen molar-refractivity contribution >= 4 is 11.5 Å². The fourth-order valence-corrected chi connectivity index (χ4v) is 1.64. The van der Waals surface area contributed by atoms with Crippen LogP contribution in [-0.4, -0.2) is 21.9 Å². The van der Waals surface area contributed by atoms with Gasteiger partial charge in [0.15, 0.2) is 23.1 Å². The Morgan fingerprint density at radius 3 is 2.50 bits per heavy atom. The number of benzene rings is 1. The summed E-state index contributed by atoms with van der Waals surface area (Å²) in [6.07, 6.45) is 0.953. The molecule has 0 amide bonds. The van der Waals surface area contributed by atoms with Gasteiger partial charge in [0.2, 0.25) is 5.82 Å². The van der Waals surface area contributed by atoms with E-state index in [-0.39, 0.29) is 5.82 Å². The first-order valence-corrected chi connectivity index (χ1v) is 5.28. The number of nitrogens with zero attached hydrogens (tertiary/aromatic N) is 3. The summed E-state index contributed by atoms with van der Waals surface area (Å²) < 4.78 is 39.8. The van der Waals surface area contributed by atoms with Gasteiger partial charge in [-0.1, -0.05) is 0 Å². The van der Waals surface area contributed by atoms with Crippen LogP contribution in [0.2, 0.25) is 0 Å². The van der Waals surface area contributed by atoms with Gasteiger partial charge in [0, 0.05) is 12.6 Å². The highest BCUT2D eigenvalue weighted by Gasteiger charge is 2.27. The molecule has 104 valence electrons. The molecular formula is C11H7F3N4O2. The number of aromatic nitrogens is 2. The summed E-state index contributed by atoms with van der Waals surface area (Å²) in [4.78, 5) is 17.4. The Morgan fingerprint density at radius 1 is 1.20 bits per heavy atom. The Labute approximate surface area is 110 Å². The van der Waals surface area contributed by atoms with Crippen molar-refractivity contribution in [3.63, 3.8) is 0 Å². The van der Waals surface area contributed by atoms with E-state index < -0.39 is 39.3 Å². The smallest absolute Gasteiger partial charge is 0.337 e. The number of halogens is 3. The zero-order chi connectivity index (χ0) is 14.9. The fraction of sp³-hybridized carbons (Fsp3) is 0.0909. The van der Waals surface area contributed by atoms with Gasteiger partial charge >= 0.3 is 5.69 Å². The van der Waals surface area contributed by atoms with Crippen molar-refractivity contribution in [2.24, 2.45) is 0 Å². The Hall–Kier alpha value is -2.71. The van der Waals surface area contributed by atoms with Crippen LogP contribution in [0.4, 0.5) is 24.7 Å². The normalized spacial score (nSPS) is 10.4. The maximum atomic E-state index is 13.7. The Morgan fingerprint density at radius 2 is 1.90 bits per heavy atom. The van der Waals surface area contributed by atoms with Crippen LogP contribution in [0.3, 0.4) is 0 Å². The lowest BCUT2D eigenvalue weighted by Gasteiger charge is -2.07. The third-order valence-electron chi connectivity index (χ3n) is 2.53. The van der Waals surface area contributed by atoms with Crippen LogP contribution in [0.25, 0.3) is 11.3 Å². The molecule has 1 heterocycles. The van der Waals surface area contributed by atoms with E-state index in [2.05, 4.69) is 15.3 Å².